The van der Waals surface area contributed by atoms with Gasteiger partial charge in [-0.1, -0.05) is 5.92 Å². The number of nitrogen functional groups attached to an aromatic ring is 6. The first-order chi connectivity index (χ1) is 59.1. The van der Waals surface area contributed by atoms with Crippen LogP contribution in [0.15, 0.2) is 84.5 Å². The van der Waals surface area contributed by atoms with Gasteiger partial charge in [-0.3, -0.25) is 97.5 Å². The second-order valence-corrected chi connectivity index (χ2v) is 35.9. The van der Waals surface area contributed by atoms with E-state index in [1.165, 1.54) is 33.5 Å². The van der Waals surface area contributed by atoms with E-state index in [0.29, 0.717) is 0 Å². The third kappa shape index (κ3) is 20.5. The summed E-state index contributed by atoms with van der Waals surface area (Å²) in [4.78, 5) is 185. The molecule has 60 nitrogen and oxygen atoms in total. The number of phosphoric acid groups is 5. The van der Waals surface area contributed by atoms with Gasteiger partial charge in [-0.05, 0) is 18.2 Å². The molecule has 0 bridgehead atoms. The van der Waals surface area contributed by atoms with Crippen LogP contribution in [0.2, 0.25) is 0 Å². The van der Waals surface area contributed by atoms with Crippen LogP contribution in [0, 0.1) is 18.3 Å². The van der Waals surface area contributed by atoms with Crippen LogP contribution >= 0.6 is 47.4 Å². The molecule has 22 N–H and O–H groups in total. The number of nitrogens with zero attached hydrogens (tertiary/aromatic N) is 15. The number of aromatic nitrogens is 18. The summed E-state index contributed by atoms with van der Waals surface area (Å²) < 4.78 is 186. The number of hydrogen-bond donors (Lipinski definition) is 16. The highest BCUT2D eigenvalue weighted by Crippen LogP contribution is 2.56. The average Bonchev–Trinajstić information content (AvgIpc) is 1.61. The van der Waals surface area contributed by atoms with E-state index in [4.69, 9.17) is 114 Å². The predicted octanol–water partition coefficient (Wildman–Crippen LogP) is -3.23. The van der Waals surface area contributed by atoms with E-state index < -0.39 is 269 Å². The minimum atomic E-state index is -5.76. The van der Waals surface area contributed by atoms with Gasteiger partial charge >= 0.3 is 64.4 Å². The summed E-state index contributed by atoms with van der Waals surface area (Å²) in [6, 6.07) is 3.66. The first-order valence-electron chi connectivity index (χ1n) is 36.5. The van der Waals surface area contributed by atoms with Crippen molar-refractivity contribution in [3.05, 3.63) is 118 Å². The lowest BCUT2D eigenvalue weighted by Crippen LogP contribution is -2.33. The van der Waals surface area contributed by atoms with E-state index in [2.05, 4.69) is 70.3 Å². The van der Waals surface area contributed by atoms with Crippen LogP contribution in [0.25, 0.3) is 33.5 Å². The Morgan fingerprint density at radius 3 is 1.17 bits per heavy atom. The van der Waals surface area contributed by atoms with Gasteiger partial charge in [0.2, 0.25) is 17.8 Å². The largest absolute Gasteiger partial charge is 0.697 e. The predicted molar refractivity (Wildman–Crippen MR) is 410 cm³/mol. The lowest BCUT2D eigenvalue weighted by atomic mass is 10.0. The maximum Gasteiger partial charge on any atom is 0.697 e. The third-order valence-electron chi connectivity index (χ3n) is 19.8. The van der Waals surface area contributed by atoms with E-state index in [-0.39, 0.29) is 69.3 Å². The number of nitrogens with one attached hydrogen (secondary N) is 3. The summed E-state index contributed by atoms with van der Waals surface area (Å²) in [6.45, 7) is -6.11. The molecule has 0 saturated carbocycles. The molecule has 6 aliphatic rings. The SMILES string of the molecule is C#C[C@H]1[C@H](OP(=O)(O)OC[C@H]2O[C@@H](n3ccc(N)nc3=O)C[C@@H]2OP(=O)(O)OC[C@H]2O[C@@H](n3cnc4c(=O)[nH]c(N)nc43)C[C@@H]2OP(=O)(O)OC[C@H]2O[C@@H](n3ccc(N)nc3=O)C[C@@H]2O)[C@@H](CO[P+](=O)O[C@H]2C[C@H](n3ccc(N)nc3=O)O[C@@H]2COP(=O)(O)O[C@H]2C[C@H](n3cnc4c(=O)[nH]c(N)nc43)O[C@@H]2COP(=O)(O)O)O[C@H]1n1cnc2c(=O)[nH]c(N)nc21. The lowest BCUT2D eigenvalue weighted by molar-refractivity contribution is -0.0631. The smallest absolute Gasteiger partial charge is 0.390 e. The van der Waals surface area contributed by atoms with Crippen molar-refractivity contribution in [2.24, 2.45) is 5.92 Å². The van der Waals surface area contributed by atoms with Crippen molar-refractivity contribution in [1.29, 1.82) is 0 Å². The number of ether oxygens (including phenoxy) is 6. The molecule has 15 heterocycles. The van der Waals surface area contributed by atoms with Crippen LogP contribution in [0.4, 0.5) is 35.3 Å². The number of terminal acetylenes is 1. The van der Waals surface area contributed by atoms with E-state index in [0.717, 1.165) is 49.6 Å². The van der Waals surface area contributed by atoms with Gasteiger partial charge in [0.05, 0.1) is 64.0 Å². The molecule has 674 valence electrons. The standard InChI is InChI=1S/C59H72N24O36P6/c1-2-23-46(34(114-53(23)83-22-68-45-49(83)74-56(65)77-52(45)87)14-103-120(91)115-25-10-39(79-7-4-36(61)70-58(79)89)110-30(25)17-106-123(97,98)117-27-12-41(112-31(27)16-104-121(92,93)94)81-20-66-43-47(81)72-54(63)75-50(43)85)119-125(101,102)108-19-32-26(11-40(111-32)80-8-5-37(62)71-59(80)90)116-124(99,100)107-18-33-28(13-42(113-33)82-21-67-44-48(82)73-55(64)76-51(44)86)118-122(95,96)105-15-29-24(84)9-38(109-29)78-6-3-35(60)69-57(78)88/h1,3-8,20-34,38-42,46,53,84H,9-19H2,(H20-,60,61,62,63,64,65,69,70,71,72,73,74,75,76,77,85,86,87,88,89,90,92,93,94,95,96,97,98,99,100,101,102)/p+1/t23-,24-,25-,26-,27-,28-,29+,30+,31+,32+,33+,34+,38+,39+,40+,41+,42+,46-,53+/m0/s1. The summed E-state index contributed by atoms with van der Waals surface area (Å²) in [7, 11) is -31.0. The number of imidazole rings is 3. The first kappa shape index (κ1) is 90.1. The van der Waals surface area contributed by atoms with Gasteiger partial charge in [0.15, 0.2) is 39.7 Å². The molecular weight excluding hydrogens is 1810 g/mol. The minimum absolute atomic E-state index is 0.106. The monoisotopic (exact) mass is 1880 g/mol. The molecular formula is C59H73N24O36P6+. The van der Waals surface area contributed by atoms with Crippen molar-refractivity contribution in [1.82, 2.24) is 87.2 Å². The molecule has 5 unspecified atom stereocenters. The van der Waals surface area contributed by atoms with Crippen molar-refractivity contribution in [2.45, 2.75) is 143 Å². The van der Waals surface area contributed by atoms with Gasteiger partial charge in [-0.25, -0.2) is 52.2 Å². The Balaban J connectivity index is 0.642. The summed E-state index contributed by atoms with van der Waals surface area (Å²) in [6.07, 6.45) is -17.7. The third-order valence-corrected chi connectivity index (χ3v) is 25.1. The van der Waals surface area contributed by atoms with Crippen LogP contribution < -0.4 is 68.1 Å². The first-order valence-corrected chi connectivity index (χ1v) is 45.1. The Kier molecular flexibility index (Phi) is 25.9. The number of fused-ring (bicyclic) bond motifs is 3. The van der Waals surface area contributed by atoms with Crippen LogP contribution in [0.3, 0.4) is 0 Å². The maximum atomic E-state index is 14.7. The zero-order chi connectivity index (χ0) is 89.3. The zero-order valence-corrected chi connectivity index (χ0v) is 68.7. The van der Waals surface area contributed by atoms with Gasteiger partial charge in [0.25, 0.3) is 16.7 Å². The number of aliphatic hydroxyl groups excluding tert-OH is 1. The Hall–Kier alpha value is -9.66. The molecule has 0 amide bonds. The zero-order valence-electron chi connectivity index (χ0n) is 63.3. The van der Waals surface area contributed by atoms with Gasteiger partial charge in [0, 0.05) is 55.3 Å². The number of aromatic amines is 3. The fraction of sp³-hybridized carbons (Fsp3) is 0.508. The van der Waals surface area contributed by atoms with Crippen LogP contribution in [-0.4, -0.2) is 235 Å². The number of phosphoric ester groups is 5. The van der Waals surface area contributed by atoms with Crippen molar-refractivity contribution in [2.75, 3.05) is 74.0 Å². The van der Waals surface area contributed by atoms with Gasteiger partial charge in [0.1, 0.15) is 122 Å². The topological polar surface area (TPSA) is 852 Å². The second-order valence-electron chi connectivity index (χ2n) is 28.1. The lowest BCUT2D eigenvalue weighted by Gasteiger charge is -2.26. The fourth-order valence-corrected chi connectivity index (χ4v) is 19.2. The van der Waals surface area contributed by atoms with E-state index in [1.54, 1.807) is 0 Å². The van der Waals surface area contributed by atoms with Crippen molar-refractivity contribution in [3.8, 4) is 12.3 Å². The summed E-state index contributed by atoms with van der Waals surface area (Å²) in [5.74, 6) is -0.992. The molecule has 125 heavy (non-hydrogen) atoms. The summed E-state index contributed by atoms with van der Waals surface area (Å²) in [5.41, 5.74) is 28.0. The quantitative estimate of drug-likeness (QED) is 0.0139. The number of aliphatic hydroxyl groups is 1. The van der Waals surface area contributed by atoms with E-state index in [1.807, 2.05) is 0 Å². The molecule has 0 radical (unpaired) electrons. The molecule has 66 heteroatoms. The molecule has 0 aliphatic carbocycles. The van der Waals surface area contributed by atoms with Gasteiger partial charge in [-0.2, -0.15) is 29.9 Å². The number of hydrogen-bond acceptors (Lipinski definition) is 45. The summed E-state index contributed by atoms with van der Waals surface area (Å²) >= 11 is 0. The van der Waals surface area contributed by atoms with Crippen LogP contribution in [0.5, 0.6) is 0 Å². The number of H-pyrrole nitrogens is 3. The highest BCUT2D eigenvalue weighted by molar-refractivity contribution is 7.48. The molecule has 6 aliphatic heterocycles. The molecule has 15 rings (SSSR count). The molecule has 9 aromatic heterocycles. The number of anilines is 6. The van der Waals surface area contributed by atoms with E-state index >= 15 is 0 Å². The Morgan fingerprint density at radius 1 is 0.440 bits per heavy atom. The minimum Gasteiger partial charge on any atom is -0.390 e. The molecule has 9 aromatic rings. The fourth-order valence-electron chi connectivity index (χ4n) is 14.3. The maximum absolute atomic E-state index is 14.7. The van der Waals surface area contributed by atoms with Crippen molar-refractivity contribution < 1.29 is 140 Å². The molecule has 0 aromatic carbocycles. The molecule has 24 atom stereocenters. The van der Waals surface area contributed by atoms with Gasteiger partial charge < -0.3 is 97.3 Å². The van der Waals surface area contributed by atoms with Gasteiger partial charge in [-0.15, -0.1) is 15.5 Å². The number of rotatable bonds is 34. The van der Waals surface area contributed by atoms with Crippen LogP contribution in [0.1, 0.15) is 69.5 Å². The Labute approximate surface area is 694 Å². The van der Waals surface area contributed by atoms with E-state index in [9.17, 15) is 90.6 Å². The molecule has 0 spiro atoms. The summed E-state index contributed by atoms with van der Waals surface area (Å²) in [5, 5.41) is 10.9. The highest BCUT2D eigenvalue weighted by atomic mass is 31.2. The van der Waals surface area contributed by atoms with Crippen molar-refractivity contribution in [3.63, 3.8) is 0 Å². The second kappa shape index (κ2) is 35.9. The normalized spacial score (nSPS) is 29.2. The van der Waals surface area contributed by atoms with Crippen molar-refractivity contribution >= 4 is 116 Å². The number of nitrogens with two attached hydrogens (primary N) is 6. The Morgan fingerprint density at radius 2 is 0.776 bits per heavy atom. The Bertz CT molecular complexity index is 6300. The average molecular weight is 1880 g/mol. The molecule has 6 fully saturated rings. The molecule has 6 saturated heterocycles. The van der Waals surface area contributed by atoms with Crippen LogP contribution in [-0.2, 0) is 106 Å². The highest BCUT2D eigenvalue weighted by Gasteiger charge is 2.55.